The van der Waals surface area contributed by atoms with Gasteiger partial charge < -0.3 is 15.0 Å². The van der Waals surface area contributed by atoms with Gasteiger partial charge in [-0.25, -0.2) is 4.79 Å². The van der Waals surface area contributed by atoms with Crippen LogP contribution in [0.5, 0.6) is 5.75 Å². The minimum Gasteiger partial charge on any atom is -0.484 e. The zero-order chi connectivity index (χ0) is 30.5. The largest absolute Gasteiger partial charge is 0.484 e. The van der Waals surface area contributed by atoms with Gasteiger partial charge in [-0.05, 0) is 63.7 Å². The molecule has 2 amide bonds. The lowest BCUT2D eigenvalue weighted by atomic mass is 9.85. The van der Waals surface area contributed by atoms with Gasteiger partial charge in [0.15, 0.2) is 11.5 Å². The van der Waals surface area contributed by atoms with Crippen molar-refractivity contribution < 1.29 is 9.53 Å². The molecule has 0 spiro atoms. The van der Waals surface area contributed by atoms with Gasteiger partial charge in [-0.15, -0.1) is 10.2 Å². The second-order valence-corrected chi connectivity index (χ2v) is 13.2. The maximum Gasteiger partial charge on any atom is 0.320 e. The molecule has 11 nitrogen and oxygen atoms in total. The monoisotopic (exact) mass is 585 g/mol. The number of fused-ring (bicyclic) bond motifs is 2. The molecule has 3 aromatic heterocycles. The van der Waals surface area contributed by atoms with Gasteiger partial charge in [-0.3, -0.25) is 19.3 Å². The number of nitrogens with one attached hydrogen (secondary N) is 2. The number of likely N-dealkylation sites (N-methyl/N-ethyl adjacent to an activating group) is 2. The van der Waals surface area contributed by atoms with E-state index in [4.69, 9.17) is 4.74 Å². The molecule has 4 atom stereocenters. The number of rotatable bonds is 6. The van der Waals surface area contributed by atoms with Crippen molar-refractivity contribution in [2.24, 2.45) is 7.05 Å². The summed E-state index contributed by atoms with van der Waals surface area (Å²) < 4.78 is 10.4. The van der Waals surface area contributed by atoms with Gasteiger partial charge in [-0.1, -0.05) is 45.0 Å². The number of carbonyl (C=O) groups is 1. The predicted molar refractivity (Wildman–Crippen MR) is 166 cm³/mol. The fourth-order valence-electron chi connectivity index (χ4n) is 6.28. The van der Waals surface area contributed by atoms with E-state index < -0.39 is 0 Å². The Morgan fingerprint density at radius 1 is 1.05 bits per heavy atom. The Kier molecular flexibility index (Phi) is 7.64. The fourth-order valence-corrected chi connectivity index (χ4v) is 6.28. The molecule has 6 rings (SSSR count). The summed E-state index contributed by atoms with van der Waals surface area (Å²) in [5.74, 6) is 2.38. The highest BCUT2D eigenvalue weighted by Crippen LogP contribution is 2.39. The fraction of sp³-hybridized carbons (Fsp3) is 0.500. The van der Waals surface area contributed by atoms with Crippen molar-refractivity contribution in [3.63, 3.8) is 0 Å². The second-order valence-electron chi connectivity index (χ2n) is 13.2. The van der Waals surface area contributed by atoms with Crippen molar-refractivity contribution in [3.05, 3.63) is 71.3 Å². The van der Waals surface area contributed by atoms with Gasteiger partial charge in [0.2, 0.25) is 0 Å². The SMILES string of the molecule is CN(C)[C@H]1C[C@@H](c2nnc3ccc(O[C@@H]4CC[C@H](NC(=O)Nc5cc(C(C)(C)C)nn5C)c5ccccc54)cn23)N(C)C1. The normalized spacial score (nSPS) is 22.6. The Labute approximate surface area is 253 Å². The molecule has 228 valence electrons. The van der Waals surface area contributed by atoms with Crippen molar-refractivity contribution >= 4 is 17.5 Å². The molecule has 1 saturated heterocycles. The predicted octanol–water partition coefficient (Wildman–Crippen LogP) is 4.84. The zero-order valence-corrected chi connectivity index (χ0v) is 26.2. The van der Waals surface area contributed by atoms with Crippen LogP contribution in [0.25, 0.3) is 5.65 Å². The summed E-state index contributed by atoms with van der Waals surface area (Å²) in [5.41, 5.74) is 3.80. The van der Waals surface area contributed by atoms with Crippen LogP contribution in [-0.2, 0) is 12.5 Å². The number of pyridine rings is 1. The first-order valence-corrected chi connectivity index (χ1v) is 15.1. The van der Waals surface area contributed by atoms with E-state index in [0.717, 1.165) is 59.8 Å². The molecule has 11 heteroatoms. The smallest absolute Gasteiger partial charge is 0.320 e. The lowest BCUT2D eigenvalue weighted by molar-refractivity contribution is 0.171. The Hall–Kier alpha value is -3.96. The highest BCUT2D eigenvalue weighted by atomic mass is 16.5. The van der Waals surface area contributed by atoms with Crippen LogP contribution >= 0.6 is 0 Å². The number of ether oxygens (including phenoxy) is 1. The summed E-state index contributed by atoms with van der Waals surface area (Å²) in [4.78, 5) is 17.7. The van der Waals surface area contributed by atoms with Crippen molar-refractivity contribution in [1.82, 2.24) is 39.5 Å². The number of carbonyl (C=O) groups excluding carboxylic acids is 1. The van der Waals surface area contributed by atoms with Crippen LogP contribution < -0.4 is 15.4 Å². The third kappa shape index (κ3) is 5.83. The quantitative estimate of drug-likeness (QED) is 0.334. The third-order valence-corrected chi connectivity index (χ3v) is 8.87. The van der Waals surface area contributed by atoms with E-state index in [1.54, 1.807) is 4.68 Å². The topological polar surface area (TPSA) is 105 Å². The zero-order valence-electron chi connectivity index (χ0n) is 26.2. The van der Waals surface area contributed by atoms with E-state index in [2.05, 4.69) is 94.2 Å². The average Bonchev–Trinajstić information content (AvgIpc) is 3.66. The highest BCUT2D eigenvalue weighted by molar-refractivity contribution is 5.88. The molecule has 0 bridgehead atoms. The molecule has 2 aliphatic rings. The summed E-state index contributed by atoms with van der Waals surface area (Å²) in [6.45, 7) is 7.31. The average molecular weight is 586 g/mol. The van der Waals surface area contributed by atoms with Gasteiger partial charge in [0.25, 0.3) is 0 Å². The lowest BCUT2D eigenvalue weighted by Gasteiger charge is -2.32. The minimum atomic E-state index is -0.249. The highest BCUT2D eigenvalue weighted by Gasteiger charge is 2.35. The molecule has 1 aliphatic carbocycles. The van der Waals surface area contributed by atoms with E-state index in [0.29, 0.717) is 11.9 Å². The van der Waals surface area contributed by atoms with Gasteiger partial charge in [0.1, 0.15) is 17.7 Å². The molecular weight excluding hydrogens is 542 g/mol. The Morgan fingerprint density at radius 2 is 1.81 bits per heavy atom. The maximum atomic E-state index is 13.1. The summed E-state index contributed by atoms with van der Waals surface area (Å²) >= 11 is 0. The van der Waals surface area contributed by atoms with Crippen LogP contribution in [0.15, 0.2) is 48.7 Å². The number of aryl methyl sites for hydroxylation is 1. The van der Waals surface area contributed by atoms with Crippen molar-refractivity contribution in [2.45, 2.75) is 69.7 Å². The first-order chi connectivity index (χ1) is 20.5. The molecule has 0 unspecified atom stereocenters. The molecule has 1 aliphatic heterocycles. The molecular formula is C32H43N9O2. The summed E-state index contributed by atoms with van der Waals surface area (Å²) in [6.07, 6.45) is 4.42. The Morgan fingerprint density at radius 3 is 2.51 bits per heavy atom. The number of urea groups is 1. The molecule has 2 N–H and O–H groups in total. The number of benzene rings is 1. The summed E-state index contributed by atoms with van der Waals surface area (Å²) in [7, 11) is 8.26. The number of likely N-dealkylation sites (tertiary alicyclic amines) is 1. The maximum absolute atomic E-state index is 13.1. The van der Waals surface area contributed by atoms with Crippen LogP contribution in [0.2, 0.25) is 0 Å². The standard InChI is InChI=1S/C32H43N9O2/c1-32(2,3)27-17-29(40(7)37-27)34-31(42)33-24-13-14-26(23-11-9-8-10-22(23)24)43-21-12-15-28-35-36-30(41(28)19-21)25-16-20(38(4)5)18-39(25)6/h8-12,15,17,19-20,24-26H,13-14,16,18H2,1-7H3,(H2,33,34,42)/t20-,24-,25-,26+/m0/s1. The Bertz CT molecular complexity index is 1620. The molecule has 1 aromatic carbocycles. The van der Waals surface area contributed by atoms with Crippen molar-refractivity contribution in [2.75, 3.05) is 33.0 Å². The van der Waals surface area contributed by atoms with Crippen LogP contribution in [0.1, 0.15) is 80.9 Å². The molecule has 1 fully saturated rings. The van der Waals surface area contributed by atoms with Gasteiger partial charge >= 0.3 is 6.03 Å². The summed E-state index contributed by atoms with van der Waals surface area (Å²) in [6, 6.07) is 14.4. The number of nitrogens with zero attached hydrogens (tertiary/aromatic N) is 7. The number of hydrogen-bond acceptors (Lipinski definition) is 7. The van der Waals surface area contributed by atoms with Crippen molar-refractivity contribution in [3.8, 4) is 5.75 Å². The van der Waals surface area contributed by atoms with Gasteiger partial charge in [0.05, 0.1) is 24.0 Å². The Balaban J connectivity index is 1.17. The minimum absolute atomic E-state index is 0.103. The molecule has 4 heterocycles. The van der Waals surface area contributed by atoms with E-state index in [-0.39, 0.29) is 29.6 Å². The number of hydrogen-bond donors (Lipinski definition) is 2. The van der Waals surface area contributed by atoms with E-state index in [9.17, 15) is 4.79 Å². The first-order valence-electron chi connectivity index (χ1n) is 15.1. The van der Waals surface area contributed by atoms with Crippen molar-refractivity contribution in [1.29, 1.82) is 0 Å². The molecule has 43 heavy (non-hydrogen) atoms. The molecule has 0 saturated carbocycles. The first kappa shape index (κ1) is 29.1. The van der Waals surface area contributed by atoms with E-state index >= 15 is 0 Å². The van der Waals surface area contributed by atoms with E-state index in [1.807, 2.05) is 43.6 Å². The van der Waals surface area contributed by atoms with E-state index in [1.165, 1.54) is 0 Å². The number of anilines is 1. The van der Waals surface area contributed by atoms with Crippen LogP contribution in [0.4, 0.5) is 10.6 Å². The third-order valence-electron chi connectivity index (χ3n) is 8.87. The molecule has 4 aromatic rings. The van der Waals surface area contributed by atoms with Crippen LogP contribution in [0.3, 0.4) is 0 Å². The van der Waals surface area contributed by atoms with Gasteiger partial charge in [0, 0.05) is 31.1 Å². The van der Waals surface area contributed by atoms with Crippen LogP contribution in [0, 0.1) is 0 Å². The lowest BCUT2D eigenvalue weighted by Crippen LogP contribution is -2.36. The number of aromatic nitrogens is 5. The van der Waals surface area contributed by atoms with Gasteiger partial charge in [-0.2, -0.15) is 5.10 Å². The molecule has 0 radical (unpaired) electrons. The summed E-state index contributed by atoms with van der Waals surface area (Å²) in [5, 5.41) is 19.8. The second kappa shape index (κ2) is 11.3. The number of amides is 2. The van der Waals surface area contributed by atoms with Crippen LogP contribution in [-0.4, -0.2) is 73.9 Å².